The van der Waals surface area contributed by atoms with Crippen LogP contribution in [0.3, 0.4) is 0 Å². The van der Waals surface area contributed by atoms with Gasteiger partial charge in [-0.15, -0.1) is 0 Å². The first-order chi connectivity index (χ1) is 12.4. The molecule has 0 radical (unpaired) electrons. The van der Waals surface area contributed by atoms with Crippen molar-refractivity contribution < 1.29 is 4.74 Å². The average molecular weight is 339 g/mol. The van der Waals surface area contributed by atoms with Gasteiger partial charge in [0.15, 0.2) is 0 Å². The molecular formula is C24H34O. The highest BCUT2D eigenvalue weighted by Crippen LogP contribution is 2.09. The van der Waals surface area contributed by atoms with Crippen LogP contribution in [-0.2, 0) is 17.6 Å². The molecule has 1 nitrogen and oxygen atoms in total. The van der Waals surface area contributed by atoms with Gasteiger partial charge in [0.1, 0.15) is 0 Å². The van der Waals surface area contributed by atoms with E-state index in [4.69, 9.17) is 4.74 Å². The van der Waals surface area contributed by atoms with E-state index in [1.54, 1.807) is 0 Å². The van der Waals surface area contributed by atoms with E-state index in [0.29, 0.717) is 0 Å². The van der Waals surface area contributed by atoms with Crippen molar-refractivity contribution in [2.75, 3.05) is 13.2 Å². The van der Waals surface area contributed by atoms with Crippen LogP contribution in [-0.4, -0.2) is 13.2 Å². The molecule has 0 fully saturated rings. The minimum atomic E-state index is 0.940. The Morgan fingerprint density at radius 1 is 0.440 bits per heavy atom. The molecule has 0 amide bonds. The second kappa shape index (κ2) is 13.7. The first-order valence-corrected chi connectivity index (χ1v) is 10.1. The summed E-state index contributed by atoms with van der Waals surface area (Å²) in [4.78, 5) is 0. The summed E-state index contributed by atoms with van der Waals surface area (Å²) in [6, 6.07) is 21.6. The van der Waals surface area contributed by atoms with Gasteiger partial charge in [-0.05, 0) is 49.7 Å². The van der Waals surface area contributed by atoms with E-state index < -0.39 is 0 Å². The standard InChI is InChI=1S/C24H34O/c1(7-15-23-17-9-5-10-18-23)3-13-21-25-22-14-4-2-8-16-24-19-11-6-12-20-24/h5-6,9-12,17-20H,1-4,7-8,13-16,21-22H2. The van der Waals surface area contributed by atoms with Gasteiger partial charge in [0.25, 0.3) is 0 Å². The first-order valence-electron chi connectivity index (χ1n) is 10.1. The number of rotatable bonds is 14. The monoisotopic (exact) mass is 338 g/mol. The van der Waals surface area contributed by atoms with Gasteiger partial charge in [-0.1, -0.05) is 86.3 Å². The molecule has 2 aromatic rings. The Hall–Kier alpha value is -1.60. The lowest BCUT2D eigenvalue weighted by atomic mass is 10.1. The van der Waals surface area contributed by atoms with Crippen LogP contribution in [0.2, 0.25) is 0 Å². The molecule has 0 N–H and O–H groups in total. The molecule has 1 heteroatoms. The number of hydrogen-bond acceptors (Lipinski definition) is 1. The predicted molar refractivity (Wildman–Crippen MR) is 108 cm³/mol. The summed E-state index contributed by atoms with van der Waals surface area (Å²) >= 11 is 0. The van der Waals surface area contributed by atoms with Crippen molar-refractivity contribution >= 4 is 0 Å². The van der Waals surface area contributed by atoms with Gasteiger partial charge in [0, 0.05) is 13.2 Å². The van der Waals surface area contributed by atoms with Gasteiger partial charge in [-0.3, -0.25) is 0 Å². The highest BCUT2D eigenvalue weighted by molar-refractivity contribution is 5.15. The molecule has 0 aliphatic rings. The molecular weight excluding hydrogens is 304 g/mol. The maximum atomic E-state index is 5.76. The summed E-state index contributed by atoms with van der Waals surface area (Å²) in [6.07, 6.45) is 12.7. The van der Waals surface area contributed by atoms with Gasteiger partial charge in [0.2, 0.25) is 0 Å². The molecule has 136 valence electrons. The van der Waals surface area contributed by atoms with E-state index in [1.165, 1.54) is 75.3 Å². The maximum Gasteiger partial charge on any atom is 0.0466 e. The van der Waals surface area contributed by atoms with Crippen LogP contribution < -0.4 is 0 Å². The molecule has 0 heterocycles. The molecule has 0 spiro atoms. The molecule has 0 aliphatic heterocycles. The van der Waals surface area contributed by atoms with E-state index in [9.17, 15) is 0 Å². The normalized spacial score (nSPS) is 10.9. The van der Waals surface area contributed by atoms with Crippen molar-refractivity contribution in [3.05, 3.63) is 71.8 Å². The van der Waals surface area contributed by atoms with Gasteiger partial charge in [-0.25, -0.2) is 0 Å². The zero-order valence-electron chi connectivity index (χ0n) is 15.7. The van der Waals surface area contributed by atoms with E-state index in [2.05, 4.69) is 60.7 Å². The fourth-order valence-corrected chi connectivity index (χ4v) is 3.17. The summed E-state index contributed by atoms with van der Waals surface area (Å²) in [7, 11) is 0. The summed E-state index contributed by atoms with van der Waals surface area (Å²) in [5.41, 5.74) is 2.93. The van der Waals surface area contributed by atoms with Crippen molar-refractivity contribution in [1.29, 1.82) is 0 Å². The third-order valence-corrected chi connectivity index (χ3v) is 4.69. The number of hydrogen-bond donors (Lipinski definition) is 0. The van der Waals surface area contributed by atoms with Crippen molar-refractivity contribution in [1.82, 2.24) is 0 Å². The topological polar surface area (TPSA) is 9.23 Å². The smallest absolute Gasteiger partial charge is 0.0466 e. The summed E-state index contributed by atoms with van der Waals surface area (Å²) in [5.74, 6) is 0. The Bertz CT molecular complexity index is 471. The van der Waals surface area contributed by atoms with Gasteiger partial charge < -0.3 is 4.74 Å². The Labute approximate surface area is 154 Å². The van der Waals surface area contributed by atoms with Gasteiger partial charge in [0.05, 0.1) is 0 Å². The van der Waals surface area contributed by atoms with E-state index in [-0.39, 0.29) is 0 Å². The lowest BCUT2D eigenvalue weighted by Gasteiger charge is -2.05. The predicted octanol–water partition coefficient (Wildman–Crippen LogP) is 6.61. The Morgan fingerprint density at radius 2 is 0.840 bits per heavy atom. The van der Waals surface area contributed by atoms with Crippen LogP contribution in [0, 0.1) is 0 Å². The Morgan fingerprint density at radius 3 is 1.28 bits per heavy atom. The molecule has 0 bridgehead atoms. The van der Waals surface area contributed by atoms with Crippen LogP contribution in [0.5, 0.6) is 0 Å². The highest BCUT2D eigenvalue weighted by Gasteiger charge is 1.95. The summed E-state index contributed by atoms with van der Waals surface area (Å²) < 4.78 is 5.76. The second-order valence-corrected chi connectivity index (χ2v) is 6.91. The number of unbranched alkanes of at least 4 members (excludes halogenated alkanes) is 6. The molecule has 0 atom stereocenters. The average Bonchev–Trinajstić information content (AvgIpc) is 2.67. The number of benzene rings is 2. The van der Waals surface area contributed by atoms with Crippen LogP contribution in [0.15, 0.2) is 60.7 Å². The van der Waals surface area contributed by atoms with Gasteiger partial charge in [-0.2, -0.15) is 0 Å². The Kier molecular flexibility index (Phi) is 10.8. The third-order valence-electron chi connectivity index (χ3n) is 4.69. The molecule has 0 aliphatic carbocycles. The maximum absolute atomic E-state index is 5.76. The van der Waals surface area contributed by atoms with E-state index in [0.717, 1.165) is 13.2 Å². The first kappa shape index (κ1) is 19.7. The van der Waals surface area contributed by atoms with Crippen LogP contribution in [0.25, 0.3) is 0 Å². The largest absolute Gasteiger partial charge is 0.381 e. The minimum Gasteiger partial charge on any atom is -0.381 e. The second-order valence-electron chi connectivity index (χ2n) is 6.91. The molecule has 2 rings (SSSR count). The molecule has 2 aromatic carbocycles. The number of aryl methyl sites for hydroxylation is 2. The van der Waals surface area contributed by atoms with E-state index >= 15 is 0 Å². The SMILES string of the molecule is c1ccc(CCCCCCOCCCCCCc2ccccc2)cc1. The summed E-state index contributed by atoms with van der Waals surface area (Å²) in [6.45, 7) is 1.88. The molecule has 0 saturated heterocycles. The van der Waals surface area contributed by atoms with Crippen molar-refractivity contribution in [3.63, 3.8) is 0 Å². The van der Waals surface area contributed by atoms with Crippen molar-refractivity contribution in [2.45, 2.75) is 64.2 Å². The van der Waals surface area contributed by atoms with Crippen molar-refractivity contribution in [3.8, 4) is 0 Å². The zero-order valence-corrected chi connectivity index (χ0v) is 15.7. The fourth-order valence-electron chi connectivity index (χ4n) is 3.17. The number of ether oxygens (including phenoxy) is 1. The summed E-state index contributed by atoms with van der Waals surface area (Å²) in [5, 5.41) is 0. The fraction of sp³-hybridized carbons (Fsp3) is 0.500. The lowest BCUT2D eigenvalue weighted by molar-refractivity contribution is 0.125. The molecule has 25 heavy (non-hydrogen) atoms. The lowest BCUT2D eigenvalue weighted by Crippen LogP contribution is -1.97. The minimum absolute atomic E-state index is 0.940. The third kappa shape index (κ3) is 10.1. The molecule has 0 aromatic heterocycles. The molecule has 0 unspecified atom stereocenters. The van der Waals surface area contributed by atoms with E-state index in [1.807, 2.05) is 0 Å². The zero-order chi connectivity index (χ0) is 17.4. The van der Waals surface area contributed by atoms with Gasteiger partial charge >= 0.3 is 0 Å². The Balaban J connectivity index is 1.30. The van der Waals surface area contributed by atoms with Crippen LogP contribution in [0.4, 0.5) is 0 Å². The molecule has 0 saturated carbocycles. The van der Waals surface area contributed by atoms with Crippen LogP contribution in [0.1, 0.15) is 62.5 Å². The highest BCUT2D eigenvalue weighted by atomic mass is 16.5. The van der Waals surface area contributed by atoms with Crippen molar-refractivity contribution in [2.24, 2.45) is 0 Å². The quantitative estimate of drug-likeness (QED) is 0.352. The van der Waals surface area contributed by atoms with Crippen LogP contribution >= 0.6 is 0 Å².